The lowest BCUT2D eigenvalue weighted by Crippen LogP contribution is -2.28. The van der Waals surface area contributed by atoms with Gasteiger partial charge in [0.25, 0.3) is 5.91 Å². The zero-order valence-corrected chi connectivity index (χ0v) is 9.43. The van der Waals surface area contributed by atoms with Crippen molar-refractivity contribution in [2.24, 2.45) is 5.16 Å². The van der Waals surface area contributed by atoms with Crippen LogP contribution in [0.25, 0.3) is 0 Å². The van der Waals surface area contributed by atoms with Crippen LogP contribution in [0, 0.1) is 0 Å². The fraction of sp³-hybridized carbons (Fsp3) is 0.182. The third-order valence-corrected chi connectivity index (χ3v) is 2.00. The van der Waals surface area contributed by atoms with Gasteiger partial charge < -0.3 is 15.3 Å². The molecule has 0 saturated carbocycles. The van der Waals surface area contributed by atoms with Crippen molar-refractivity contribution in [1.82, 2.24) is 0 Å². The number of carbonyl (C=O) groups excluding carboxylic acids is 2. The zero-order valence-electron chi connectivity index (χ0n) is 9.43. The Balaban J connectivity index is 2.77. The molecule has 0 heterocycles. The van der Waals surface area contributed by atoms with E-state index >= 15 is 0 Å². The van der Waals surface area contributed by atoms with Crippen molar-refractivity contribution in [2.75, 3.05) is 12.4 Å². The van der Waals surface area contributed by atoms with Gasteiger partial charge in [-0.1, -0.05) is 5.16 Å². The number of methoxy groups -OCH3 is 1. The fourth-order valence-corrected chi connectivity index (χ4v) is 1.14. The van der Waals surface area contributed by atoms with Crippen molar-refractivity contribution < 1.29 is 19.5 Å². The highest BCUT2D eigenvalue weighted by molar-refractivity contribution is 6.67. The van der Waals surface area contributed by atoms with Gasteiger partial charge >= 0.3 is 0 Å². The largest absolute Gasteiger partial charge is 0.497 e. The normalized spacial score (nSPS) is 10.8. The van der Waals surface area contributed by atoms with Gasteiger partial charge in [-0.15, -0.1) is 0 Å². The fourth-order valence-electron chi connectivity index (χ4n) is 1.14. The number of nitrogens with zero attached hydrogens (tertiary/aromatic N) is 1. The zero-order chi connectivity index (χ0) is 12.8. The van der Waals surface area contributed by atoms with Crippen LogP contribution in [0.3, 0.4) is 0 Å². The van der Waals surface area contributed by atoms with Gasteiger partial charge in [0.2, 0.25) is 5.71 Å². The molecule has 0 unspecified atom stereocenters. The molecular formula is C11H12N2O4. The summed E-state index contributed by atoms with van der Waals surface area (Å²) in [5, 5.41) is 13.6. The standard InChI is InChI=1S/C11H12N2O4/c1-7(14)10(13-16)11(15)12-8-3-5-9(17-2)6-4-8/h3-6,16H,1-2H3,(H,12,15). The van der Waals surface area contributed by atoms with Gasteiger partial charge in [0.1, 0.15) is 5.75 Å². The van der Waals surface area contributed by atoms with Crippen molar-refractivity contribution in [3.63, 3.8) is 0 Å². The summed E-state index contributed by atoms with van der Waals surface area (Å²) in [5.74, 6) is -0.728. The molecule has 0 atom stereocenters. The molecular weight excluding hydrogens is 224 g/mol. The van der Waals surface area contributed by atoms with Gasteiger partial charge in [-0.2, -0.15) is 0 Å². The van der Waals surface area contributed by atoms with Crippen molar-refractivity contribution in [1.29, 1.82) is 0 Å². The topological polar surface area (TPSA) is 88.0 Å². The summed E-state index contributed by atoms with van der Waals surface area (Å²) < 4.78 is 4.95. The molecule has 1 amide bonds. The highest BCUT2D eigenvalue weighted by Crippen LogP contribution is 2.14. The second-order valence-electron chi connectivity index (χ2n) is 3.19. The summed E-state index contributed by atoms with van der Waals surface area (Å²) >= 11 is 0. The number of hydrogen-bond acceptors (Lipinski definition) is 5. The minimum absolute atomic E-state index is 0.471. The van der Waals surface area contributed by atoms with Gasteiger partial charge in [0.05, 0.1) is 7.11 Å². The Morgan fingerprint density at radius 2 is 1.88 bits per heavy atom. The molecule has 0 bridgehead atoms. The van der Waals surface area contributed by atoms with Gasteiger partial charge in [0, 0.05) is 12.6 Å². The summed E-state index contributed by atoms with van der Waals surface area (Å²) in [4.78, 5) is 22.4. The average molecular weight is 236 g/mol. The molecule has 0 radical (unpaired) electrons. The summed E-state index contributed by atoms with van der Waals surface area (Å²) in [6.07, 6.45) is 0. The Labute approximate surface area is 97.9 Å². The summed E-state index contributed by atoms with van der Waals surface area (Å²) in [6.45, 7) is 1.14. The van der Waals surface area contributed by atoms with E-state index in [4.69, 9.17) is 9.94 Å². The molecule has 0 aliphatic heterocycles. The molecule has 1 aromatic carbocycles. The SMILES string of the molecule is COc1ccc(NC(=O)C(=NO)C(C)=O)cc1. The van der Waals surface area contributed by atoms with Crippen molar-refractivity contribution >= 4 is 23.1 Å². The third kappa shape index (κ3) is 3.30. The van der Waals surface area contributed by atoms with Crippen LogP contribution in [0.1, 0.15) is 6.92 Å². The number of anilines is 1. The monoisotopic (exact) mass is 236 g/mol. The van der Waals surface area contributed by atoms with Gasteiger partial charge in [-0.3, -0.25) is 9.59 Å². The van der Waals surface area contributed by atoms with Crippen LogP contribution in [-0.2, 0) is 9.59 Å². The number of Topliss-reactive ketones (excluding diaryl/α,β-unsaturated/α-hetero) is 1. The maximum Gasteiger partial charge on any atom is 0.281 e. The molecule has 0 spiro atoms. The molecule has 0 aliphatic rings. The number of benzene rings is 1. The van der Waals surface area contributed by atoms with E-state index in [2.05, 4.69) is 10.5 Å². The minimum atomic E-state index is -0.759. The smallest absolute Gasteiger partial charge is 0.281 e. The second kappa shape index (κ2) is 5.64. The first-order valence-electron chi connectivity index (χ1n) is 4.77. The highest BCUT2D eigenvalue weighted by Gasteiger charge is 2.17. The van der Waals surface area contributed by atoms with E-state index in [0.29, 0.717) is 11.4 Å². The molecule has 0 aliphatic carbocycles. The number of ether oxygens (including phenoxy) is 1. The van der Waals surface area contributed by atoms with Crippen molar-refractivity contribution in [3.05, 3.63) is 24.3 Å². The molecule has 0 saturated heterocycles. The van der Waals surface area contributed by atoms with Crippen LogP contribution in [0.5, 0.6) is 5.75 Å². The van der Waals surface area contributed by atoms with Crippen LogP contribution in [0.2, 0.25) is 0 Å². The van der Waals surface area contributed by atoms with E-state index in [1.165, 1.54) is 7.11 Å². The number of oxime groups is 1. The summed E-state index contributed by atoms with van der Waals surface area (Å²) in [5.41, 5.74) is -0.0704. The predicted molar refractivity (Wildman–Crippen MR) is 61.5 cm³/mol. The highest BCUT2D eigenvalue weighted by atomic mass is 16.5. The van der Waals surface area contributed by atoms with E-state index in [0.717, 1.165) is 6.92 Å². The molecule has 0 fully saturated rings. The minimum Gasteiger partial charge on any atom is -0.497 e. The maximum atomic E-state index is 11.5. The van der Waals surface area contributed by atoms with Crippen LogP contribution in [-0.4, -0.2) is 29.7 Å². The van der Waals surface area contributed by atoms with Crippen molar-refractivity contribution in [3.8, 4) is 5.75 Å². The molecule has 90 valence electrons. The third-order valence-electron chi connectivity index (χ3n) is 2.00. The van der Waals surface area contributed by atoms with E-state index < -0.39 is 17.4 Å². The quantitative estimate of drug-likeness (QED) is 0.354. The maximum absolute atomic E-state index is 11.5. The summed E-state index contributed by atoms with van der Waals surface area (Å²) in [6, 6.07) is 6.51. The average Bonchev–Trinajstić information content (AvgIpc) is 2.30. The molecule has 6 nitrogen and oxygen atoms in total. The van der Waals surface area contributed by atoms with Crippen LogP contribution < -0.4 is 10.1 Å². The van der Waals surface area contributed by atoms with Crippen LogP contribution in [0.15, 0.2) is 29.4 Å². The lowest BCUT2D eigenvalue weighted by atomic mass is 10.2. The number of ketones is 1. The molecule has 0 aromatic heterocycles. The van der Waals surface area contributed by atoms with Crippen molar-refractivity contribution in [2.45, 2.75) is 6.92 Å². The Morgan fingerprint density at radius 3 is 2.29 bits per heavy atom. The Kier molecular flexibility index (Phi) is 4.21. The van der Waals surface area contributed by atoms with E-state index in [9.17, 15) is 9.59 Å². The summed E-state index contributed by atoms with van der Waals surface area (Å²) in [7, 11) is 1.53. The van der Waals surface area contributed by atoms with Crippen LogP contribution in [0.4, 0.5) is 5.69 Å². The number of rotatable bonds is 4. The lowest BCUT2D eigenvalue weighted by molar-refractivity contribution is -0.114. The number of carbonyl (C=O) groups is 2. The van der Waals surface area contributed by atoms with Gasteiger partial charge in [-0.05, 0) is 24.3 Å². The Hall–Kier alpha value is -2.37. The van der Waals surface area contributed by atoms with E-state index in [1.807, 2.05) is 0 Å². The Bertz CT molecular complexity index is 451. The number of amides is 1. The first-order valence-corrected chi connectivity index (χ1v) is 4.77. The second-order valence-corrected chi connectivity index (χ2v) is 3.19. The lowest BCUT2D eigenvalue weighted by Gasteiger charge is -2.05. The Morgan fingerprint density at radius 1 is 1.29 bits per heavy atom. The molecule has 2 N–H and O–H groups in total. The predicted octanol–water partition coefficient (Wildman–Crippen LogP) is 1.05. The van der Waals surface area contributed by atoms with E-state index in [1.54, 1.807) is 24.3 Å². The van der Waals surface area contributed by atoms with E-state index in [-0.39, 0.29) is 0 Å². The molecule has 1 rings (SSSR count). The van der Waals surface area contributed by atoms with Crippen LogP contribution >= 0.6 is 0 Å². The van der Waals surface area contributed by atoms with Gasteiger partial charge in [-0.25, -0.2) is 0 Å². The van der Waals surface area contributed by atoms with Gasteiger partial charge in [0.15, 0.2) is 5.78 Å². The molecule has 1 aromatic rings. The first kappa shape index (κ1) is 12.7. The first-order chi connectivity index (χ1) is 8.08. The number of hydrogen-bond donors (Lipinski definition) is 2. The number of nitrogens with one attached hydrogen (secondary N) is 1. The molecule has 6 heteroatoms. The molecule has 17 heavy (non-hydrogen) atoms.